The summed E-state index contributed by atoms with van der Waals surface area (Å²) in [5.41, 5.74) is 9.73. The maximum absolute atomic E-state index is 5.97. The summed E-state index contributed by atoms with van der Waals surface area (Å²) in [5, 5.41) is 11.4. The number of nitrogens with one attached hydrogen (secondary N) is 2. The van der Waals surface area contributed by atoms with Gasteiger partial charge in [-0.2, -0.15) is 5.10 Å². The van der Waals surface area contributed by atoms with E-state index in [1.807, 2.05) is 30.3 Å². The van der Waals surface area contributed by atoms with Crippen LogP contribution in [-0.4, -0.2) is 47.7 Å². The fraction of sp³-hybridized carbons (Fsp3) is 0.294. The Morgan fingerprint density at radius 3 is 3.00 bits per heavy atom. The standard InChI is InChI=1S/C17H19N5O2/c18-17-8-15(19-9-12-10-23-5-6-24-12)13-2-1-11(7-16(13)21-17)14-3-4-20-22-14/h1-4,7-8,12H,5-6,9-10H2,(H,20,22)(H3,18,19,21). The molecular formula is C17H19N5O2. The van der Waals surface area contributed by atoms with Crippen LogP contribution < -0.4 is 11.1 Å². The summed E-state index contributed by atoms with van der Waals surface area (Å²) in [5.74, 6) is 0.479. The molecule has 2 aromatic heterocycles. The predicted molar refractivity (Wildman–Crippen MR) is 92.8 cm³/mol. The van der Waals surface area contributed by atoms with Crippen LogP contribution in [-0.2, 0) is 9.47 Å². The van der Waals surface area contributed by atoms with Gasteiger partial charge in [-0.25, -0.2) is 4.98 Å². The number of anilines is 2. The van der Waals surface area contributed by atoms with E-state index in [0.29, 0.717) is 32.2 Å². The summed E-state index contributed by atoms with van der Waals surface area (Å²) in [6.07, 6.45) is 1.78. The fourth-order valence-electron chi connectivity index (χ4n) is 2.86. The van der Waals surface area contributed by atoms with Crippen molar-refractivity contribution in [2.45, 2.75) is 6.10 Å². The van der Waals surface area contributed by atoms with Gasteiger partial charge in [0.1, 0.15) is 5.82 Å². The lowest BCUT2D eigenvalue weighted by Crippen LogP contribution is -2.34. The average Bonchev–Trinajstić information content (AvgIpc) is 3.14. The smallest absolute Gasteiger partial charge is 0.126 e. The molecule has 0 aliphatic carbocycles. The van der Waals surface area contributed by atoms with Crippen LogP contribution in [0.3, 0.4) is 0 Å². The Morgan fingerprint density at radius 1 is 1.25 bits per heavy atom. The van der Waals surface area contributed by atoms with Crippen LogP contribution in [0.4, 0.5) is 11.5 Å². The van der Waals surface area contributed by atoms with Gasteiger partial charge >= 0.3 is 0 Å². The van der Waals surface area contributed by atoms with Gasteiger partial charge in [0.05, 0.1) is 37.1 Å². The maximum Gasteiger partial charge on any atom is 0.126 e. The van der Waals surface area contributed by atoms with Gasteiger partial charge in [-0.15, -0.1) is 0 Å². The zero-order chi connectivity index (χ0) is 16.4. The van der Waals surface area contributed by atoms with Crippen molar-refractivity contribution >= 4 is 22.4 Å². The molecule has 24 heavy (non-hydrogen) atoms. The number of ether oxygens (including phenoxy) is 2. The highest BCUT2D eigenvalue weighted by Crippen LogP contribution is 2.28. The first kappa shape index (κ1) is 14.9. The number of nitrogens with two attached hydrogens (primary N) is 1. The topological polar surface area (TPSA) is 98.1 Å². The molecule has 0 spiro atoms. The van der Waals surface area contributed by atoms with Gasteiger partial charge in [-0.3, -0.25) is 5.10 Å². The minimum Gasteiger partial charge on any atom is -0.384 e. The zero-order valence-corrected chi connectivity index (χ0v) is 13.2. The number of aromatic nitrogens is 3. The molecule has 4 N–H and O–H groups in total. The molecule has 1 fully saturated rings. The van der Waals surface area contributed by atoms with Gasteiger partial charge in [0, 0.05) is 35.4 Å². The summed E-state index contributed by atoms with van der Waals surface area (Å²) in [6.45, 7) is 2.58. The molecule has 0 amide bonds. The molecule has 7 heteroatoms. The van der Waals surface area contributed by atoms with E-state index in [0.717, 1.165) is 27.8 Å². The zero-order valence-electron chi connectivity index (χ0n) is 13.2. The van der Waals surface area contributed by atoms with E-state index in [-0.39, 0.29) is 6.10 Å². The minimum atomic E-state index is 0.0486. The third-order valence-electron chi connectivity index (χ3n) is 4.05. The Morgan fingerprint density at radius 2 is 2.21 bits per heavy atom. The van der Waals surface area contributed by atoms with Crippen molar-refractivity contribution in [2.75, 3.05) is 37.4 Å². The van der Waals surface area contributed by atoms with Gasteiger partial charge in [0.2, 0.25) is 0 Å². The van der Waals surface area contributed by atoms with Gasteiger partial charge in [0.15, 0.2) is 0 Å². The van der Waals surface area contributed by atoms with Crippen LogP contribution in [0.2, 0.25) is 0 Å². The van der Waals surface area contributed by atoms with Gasteiger partial charge < -0.3 is 20.5 Å². The number of rotatable bonds is 4. The van der Waals surface area contributed by atoms with E-state index < -0.39 is 0 Å². The molecular weight excluding hydrogens is 306 g/mol. The van der Waals surface area contributed by atoms with Crippen molar-refractivity contribution in [1.29, 1.82) is 0 Å². The normalized spacial score (nSPS) is 17.9. The molecule has 3 heterocycles. The molecule has 1 aliphatic heterocycles. The lowest BCUT2D eigenvalue weighted by molar-refractivity contribution is -0.0818. The quantitative estimate of drug-likeness (QED) is 0.679. The molecule has 1 saturated heterocycles. The van der Waals surface area contributed by atoms with Gasteiger partial charge in [-0.05, 0) is 12.1 Å². The monoisotopic (exact) mass is 325 g/mol. The highest BCUT2D eigenvalue weighted by Gasteiger charge is 2.15. The van der Waals surface area contributed by atoms with E-state index in [4.69, 9.17) is 15.2 Å². The van der Waals surface area contributed by atoms with Crippen molar-refractivity contribution < 1.29 is 9.47 Å². The predicted octanol–water partition coefficient (Wildman–Crippen LogP) is 2.03. The molecule has 1 aliphatic rings. The Kier molecular flexibility index (Phi) is 4.02. The Labute approximate surface area is 139 Å². The number of hydrogen-bond acceptors (Lipinski definition) is 6. The lowest BCUT2D eigenvalue weighted by atomic mass is 10.1. The van der Waals surface area contributed by atoms with Crippen molar-refractivity contribution in [3.63, 3.8) is 0 Å². The number of aromatic amines is 1. The van der Waals surface area contributed by atoms with E-state index >= 15 is 0 Å². The SMILES string of the molecule is Nc1cc(NCC2COCCO2)c2ccc(-c3ccn[nH]3)cc2n1. The molecule has 7 nitrogen and oxygen atoms in total. The summed E-state index contributed by atoms with van der Waals surface area (Å²) in [6, 6.07) is 9.86. The number of nitrogens with zero attached hydrogens (tertiary/aromatic N) is 2. The third kappa shape index (κ3) is 3.04. The van der Waals surface area contributed by atoms with Crippen LogP contribution in [0.1, 0.15) is 0 Å². The van der Waals surface area contributed by atoms with Crippen LogP contribution in [0, 0.1) is 0 Å². The number of H-pyrrole nitrogens is 1. The fourth-order valence-corrected chi connectivity index (χ4v) is 2.86. The van der Waals surface area contributed by atoms with E-state index in [1.54, 1.807) is 6.20 Å². The second-order valence-electron chi connectivity index (χ2n) is 5.75. The number of pyridine rings is 1. The first-order valence-electron chi connectivity index (χ1n) is 7.93. The maximum atomic E-state index is 5.97. The lowest BCUT2D eigenvalue weighted by Gasteiger charge is -2.24. The Bertz CT molecular complexity index is 828. The van der Waals surface area contributed by atoms with Gasteiger partial charge in [-0.1, -0.05) is 12.1 Å². The molecule has 1 aromatic carbocycles. The highest BCUT2D eigenvalue weighted by molar-refractivity contribution is 5.95. The number of nitrogen functional groups attached to an aromatic ring is 1. The minimum absolute atomic E-state index is 0.0486. The van der Waals surface area contributed by atoms with E-state index in [2.05, 4.69) is 20.5 Å². The summed E-state index contributed by atoms with van der Waals surface area (Å²) < 4.78 is 11.1. The van der Waals surface area contributed by atoms with Gasteiger partial charge in [0.25, 0.3) is 0 Å². The molecule has 1 atom stereocenters. The first-order valence-corrected chi connectivity index (χ1v) is 7.93. The molecule has 124 valence electrons. The van der Waals surface area contributed by atoms with Crippen LogP contribution in [0.25, 0.3) is 22.2 Å². The van der Waals surface area contributed by atoms with Crippen molar-refractivity contribution in [3.8, 4) is 11.3 Å². The molecule has 4 rings (SSSR count). The average molecular weight is 325 g/mol. The number of fused-ring (bicyclic) bond motifs is 1. The third-order valence-corrected chi connectivity index (χ3v) is 4.05. The van der Waals surface area contributed by atoms with Crippen LogP contribution >= 0.6 is 0 Å². The molecule has 0 bridgehead atoms. The largest absolute Gasteiger partial charge is 0.384 e. The highest BCUT2D eigenvalue weighted by atomic mass is 16.6. The van der Waals surface area contributed by atoms with Crippen molar-refractivity contribution in [1.82, 2.24) is 15.2 Å². The summed E-state index contributed by atoms with van der Waals surface area (Å²) in [7, 11) is 0. The van der Waals surface area contributed by atoms with Crippen LogP contribution in [0.15, 0.2) is 36.5 Å². The van der Waals surface area contributed by atoms with E-state index in [9.17, 15) is 0 Å². The second-order valence-corrected chi connectivity index (χ2v) is 5.75. The first-order chi connectivity index (χ1) is 11.8. The molecule has 0 saturated carbocycles. The Hall–Kier alpha value is -2.64. The van der Waals surface area contributed by atoms with Crippen molar-refractivity contribution in [2.24, 2.45) is 0 Å². The molecule has 1 unspecified atom stereocenters. The summed E-state index contributed by atoms with van der Waals surface area (Å²) in [4.78, 5) is 4.45. The van der Waals surface area contributed by atoms with E-state index in [1.165, 1.54) is 0 Å². The summed E-state index contributed by atoms with van der Waals surface area (Å²) >= 11 is 0. The van der Waals surface area contributed by atoms with Crippen LogP contribution in [0.5, 0.6) is 0 Å². The molecule has 0 radical (unpaired) electrons. The van der Waals surface area contributed by atoms with Crippen molar-refractivity contribution in [3.05, 3.63) is 36.5 Å². The molecule has 3 aromatic rings. The number of benzene rings is 1. The Balaban J connectivity index is 1.62. The second kappa shape index (κ2) is 6.46. The number of hydrogen-bond donors (Lipinski definition) is 3.